The lowest BCUT2D eigenvalue weighted by Crippen LogP contribution is -2.53. The number of carboxylic acids is 1. The quantitative estimate of drug-likeness (QED) is 0.566. The number of rotatable bonds is 7. The van der Waals surface area contributed by atoms with Crippen molar-refractivity contribution in [2.45, 2.75) is 24.5 Å². The van der Waals surface area contributed by atoms with Gasteiger partial charge in [-0.3, -0.25) is 9.59 Å². The zero-order valence-electron chi connectivity index (χ0n) is 18.8. The first-order valence-electron chi connectivity index (χ1n) is 11.2. The van der Waals surface area contributed by atoms with E-state index >= 15 is 0 Å². The van der Waals surface area contributed by atoms with Crippen LogP contribution in [0.5, 0.6) is 0 Å². The number of hydrogen-bond donors (Lipinski definition) is 3. The number of piperidine rings is 1. The van der Waals surface area contributed by atoms with Gasteiger partial charge in [0.1, 0.15) is 6.61 Å². The number of amides is 2. The van der Waals surface area contributed by atoms with Crippen LogP contribution in [0.4, 0.5) is 4.79 Å². The summed E-state index contributed by atoms with van der Waals surface area (Å²) in [6.07, 6.45) is -2.54. The summed E-state index contributed by atoms with van der Waals surface area (Å²) in [5.41, 5.74) is 4.44. The predicted octanol–water partition coefficient (Wildman–Crippen LogP) is 1.83. The van der Waals surface area contributed by atoms with E-state index in [0.717, 1.165) is 22.3 Å². The number of methoxy groups -OCH3 is 1. The number of carboxylic acid groups (broad SMARTS) is 1. The lowest BCUT2D eigenvalue weighted by molar-refractivity contribution is -0.153. The number of ether oxygens (including phenoxy) is 2. The van der Waals surface area contributed by atoms with Gasteiger partial charge in [-0.15, -0.1) is 0 Å². The summed E-state index contributed by atoms with van der Waals surface area (Å²) in [5, 5.41) is 21.7. The van der Waals surface area contributed by atoms with Crippen molar-refractivity contribution >= 4 is 18.0 Å². The Morgan fingerprint density at radius 1 is 1.06 bits per heavy atom. The molecule has 1 aliphatic heterocycles. The van der Waals surface area contributed by atoms with Crippen molar-refractivity contribution in [3.8, 4) is 11.1 Å². The van der Waals surface area contributed by atoms with E-state index in [4.69, 9.17) is 9.47 Å². The Morgan fingerprint density at radius 2 is 1.68 bits per heavy atom. The molecule has 1 aliphatic carbocycles. The number of carbonyl (C=O) groups excluding carboxylic acids is 2. The number of carbonyl (C=O) groups is 3. The average molecular weight is 469 g/mol. The second kappa shape index (κ2) is 10.2. The molecule has 2 aromatic rings. The first-order valence-corrected chi connectivity index (χ1v) is 11.2. The van der Waals surface area contributed by atoms with Crippen LogP contribution in [0.1, 0.15) is 23.5 Å². The molecule has 3 unspecified atom stereocenters. The van der Waals surface area contributed by atoms with Gasteiger partial charge in [0.15, 0.2) is 6.10 Å². The van der Waals surface area contributed by atoms with Gasteiger partial charge < -0.3 is 29.9 Å². The topological polar surface area (TPSA) is 125 Å². The fourth-order valence-electron chi connectivity index (χ4n) is 4.73. The SMILES string of the molecule is COC(CNC(=O)OCC1c2ccccc2-c2ccccc21)C(=O)N1CC(O)CC(C(=O)O)C1. The maximum atomic E-state index is 12.8. The summed E-state index contributed by atoms with van der Waals surface area (Å²) in [7, 11) is 1.33. The van der Waals surface area contributed by atoms with Gasteiger partial charge >= 0.3 is 12.1 Å². The van der Waals surface area contributed by atoms with Gasteiger partial charge in [0.25, 0.3) is 5.91 Å². The fraction of sp³-hybridized carbons (Fsp3) is 0.400. The molecule has 34 heavy (non-hydrogen) atoms. The van der Waals surface area contributed by atoms with Crippen LogP contribution in [0.25, 0.3) is 11.1 Å². The highest BCUT2D eigenvalue weighted by molar-refractivity contribution is 5.83. The smallest absolute Gasteiger partial charge is 0.407 e. The molecule has 0 bridgehead atoms. The van der Waals surface area contributed by atoms with Gasteiger partial charge in [-0.25, -0.2) is 4.79 Å². The number of hydrogen-bond acceptors (Lipinski definition) is 6. The van der Waals surface area contributed by atoms with Crippen LogP contribution in [-0.2, 0) is 19.1 Å². The number of β-amino-alcohol motifs (C(OH)–C–C–N with tert-alkyl or cyclic N) is 1. The normalized spacial score (nSPS) is 20.2. The molecule has 0 aromatic heterocycles. The molecule has 2 amide bonds. The number of nitrogens with zero attached hydrogens (tertiary/aromatic N) is 1. The van der Waals surface area contributed by atoms with Crippen molar-refractivity contribution in [1.29, 1.82) is 0 Å². The van der Waals surface area contributed by atoms with Gasteiger partial charge in [-0.2, -0.15) is 0 Å². The largest absolute Gasteiger partial charge is 0.481 e. The highest BCUT2D eigenvalue weighted by atomic mass is 16.5. The van der Waals surface area contributed by atoms with Gasteiger partial charge in [-0.1, -0.05) is 48.5 Å². The molecule has 3 N–H and O–H groups in total. The van der Waals surface area contributed by atoms with Crippen molar-refractivity contribution in [3.63, 3.8) is 0 Å². The second-order valence-electron chi connectivity index (χ2n) is 8.60. The minimum absolute atomic E-state index is 0.0178. The first kappa shape index (κ1) is 23.7. The number of aliphatic carboxylic acids is 1. The van der Waals surface area contributed by atoms with Gasteiger partial charge in [0.2, 0.25) is 0 Å². The first-order chi connectivity index (χ1) is 16.4. The molecule has 0 spiro atoms. The summed E-state index contributed by atoms with van der Waals surface area (Å²) in [6.45, 7) is 0.00382. The number of benzene rings is 2. The number of aliphatic hydroxyl groups excluding tert-OH is 1. The standard InChI is InChI=1S/C25H28N2O7/c1-33-22(23(29)27-12-15(24(30)31)10-16(28)13-27)11-26-25(32)34-14-21-19-8-4-2-6-17(19)18-7-3-5-9-20(18)21/h2-9,15-16,21-22,28H,10-14H2,1H3,(H,26,32)(H,30,31). The zero-order chi connectivity index (χ0) is 24.2. The Hall–Kier alpha value is -3.43. The molecule has 1 heterocycles. The summed E-state index contributed by atoms with van der Waals surface area (Å²) in [6, 6.07) is 16.0. The molecule has 2 aromatic carbocycles. The van der Waals surface area contributed by atoms with E-state index in [1.807, 2.05) is 36.4 Å². The second-order valence-corrected chi connectivity index (χ2v) is 8.60. The lowest BCUT2D eigenvalue weighted by Gasteiger charge is -2.35. The van der Waals surface area contributed by atoms with Crippen LogP contribution in [0.15, 0.2) is 48.5 Å². The highest BCUT2D eigenvalue weighted by Crippen LogP contribution is 2.44. The van der Waals surface area contributed by atoms with Crippen molar-refractivity contribution in [2.24, 2.45) is 5.92 Å². The molecule has 1 saturated heterocycles. The van der Waals surface area contributed by atoms with E-state index < -0.39 is 36.1 Å². The summed E-state index contributed by atoms with van der Waals surface area (Å²) >= 11 is 0. The maximum Gasteiger partial charge on any atom is 0.407 e. The molecule has 0 saturated carbocycles. The number of alkyl carbamates (subject to hydrolysis) is 1. The molecule has 1 fully saturated rings. The number of nitrogens with one attached hydrogen (secondary N) is 1. The number of aliphatic hydroxyl groups is 1. The predicted molar refractivity (Wildman–Crippen MR) is 122 cm³/mol. The number of fused-ring (bicyclic) bond motifs is 3. The van der Waals surface area contributed by atoms with Crippen molar-refractivity contribution < 1.29 is 34.1 Å². The highest BCUT2D eigenvalue weighted by Gasteiger charge is 2.36. The van der Waals surface area contributed by atoms with E-state index in [9.17, 15) is 24.6 Å². The van der Waals surface area contributed by atoms with E-state index in [0.29, 0.717) is 0 Å². The Morgan fingerprint density at radius 3 is 2.26 bits per heavy atom. The minimum atomic E-state index is -1.07. The Kier molecular flexibility index (Phi) is 7.14. The third kappa shape index (κ3) is 4.90. The minimum Gasteiger partial charge on any atom is -0.481 e. The fourth-order valence-corrected chi connectivity index (χ4v) is 4.73. The van der Waals surface area contributed by atoms with Crippen LogP contribution < -0.4 is 5.32 Å². The third-order valence-corrected chi connectivity index (χ3v) is 6.42. The average Bonchev–Trinajstić information content (AvgIpc) is 3.16. The Bertz CT molecular complexity index is 1030. The molecule has 0 radical (unpaired) electrons. The van der Waals surface area contributed by atoms with E-state index in [1.165, 1.54) is 12.0 Å². The van der Waals surface area contributed by atoms with E-state index in [-0.39, 0.29) is 38.6 Å². The van der Waals surface area contributed by atoms with Crippen molar-refractivity contribution in [2.75, 3.05) is 33.4 Å². The van der Waals surface area contributed by atoms with Gasteiger partial charge in [0, 0.05) is 26.1 Å². The molecule has 3 atom stereocenters. The van der Waals surface area contributed by atoms with E-state index in [2.05, 4.69) is 17.4 Å². The van der Waals surface area contributed by atoms with Crippen LogP contribution in [0, 0.1) is 5.92 Å². The third-order valence-electron chi connectivity index (χ3n) is 6.42. The van der Waals surface area contributed by atoms with Crippen molar-refractivity contribution in [3.05, 3.63) is 59.7 Å². The summed E-state index contributed by atoms with van der Waals surface area (Å²) < 4.78 is 10.7. The van der Waals surface area contributed by atoms with Crippen molar-refractivity contribution in [1.82, 2.24) is 10.2 Å². The Balaban J connectivity index is 1.33. The van der Waals surface area contributed by atoms with Gasteiger partial charge in [0.05, 0.1) is 18.6 Å². The van der Waals surface area contributed by atoms with Crippen LogP contribution in [0.3, 0.4) is 0 Å². The summed E-state index contributed by atoms with van der Waals surface area (Å²) in [5.74, 6) is -2.49. The summed E-state index contributed by atoms with van der Waals surface area (Å²) in [4.78, 5) is 37.8. The molecule has 9 heteroatoms. The van der Waals surface area contributed by atoms with Crippen LogP contribution >= 0.6 is 0 Å². The number of likely N-dealkylation sites (tertiary alicyclic amines) is 1. The molecular weight excluding hydrogens is 440 g/mol. The lowest BCUT2D eigenvalue weighted by atomic mass is 9.95. The molecular formula is C25H28N2O7. The van der Waals surface area contributed by atoms with Crippen LogP contribution in [-0.4, -0.2) is 78.6 Å². The molecule has 2 aliphatic rings. The maximum absolute atomic E-state index is 12.8. The zero-order valence-corrected chi connectivity index (χ0v) is 18.8. The van der Waals surface area contributed by atoms with Gasteiger partial charge in [-0.05, 0) is 28.7 Å². The van der Waals surface area contributed by atoms with E-state index in [1.54, 1.807) is 0 Å². The Labute approximate surface area is 197 Å². The molecule has 180 valence electrons. The molecule has 4 rings (SSSR count). The molecule has 9 nitrogen and oxygen atoms in total. The monoisotopic (exact) mass is 468 g/mol. The van der Waals surface area contributed by atoms with Crippen LogP contribution in [0.2, 0.25) is 0 Å².